The molecule has 2 bridgehead atoms. The molecular weight excluding hydrogens is 216 g/mol. The number of aryl methyl sites for hydroxylation is 1. The number of fused-ring (bicyclic) bond motifs is 2. The molecule has 1 aromatic rings. The van der Waals surface area contributed by atoms with Crippen LogP contribution in [0.5, 0.6) is 0 Å². The molecule has 2 aliphatic heterocycles. The summed E-state index contributed by atoms with van der Waals surface area (Å²) in [6.45, 7) is 2.00. The van der Waals surface area contributed by atoms with Crippen LogP contribution in [0.4, 0.5) is 0 Å². The maximum Gasteiger partial charge on any atom is 0.272 e. The Balaban J connectivity index is 1.86. The number of nitrogens with zero attached hydrogens (tertiary/aromatic N) is 4. The summed E-state index contributed by atoms with van der Waals surface area (Å²) in [5, 5.41) is 4.08. The van der Waals surface area contributed by atoms with Crippen LogP contribution >= 0.6 is 0 Å². The highest BCUT2D eigenvalue weighted by Gasteiger charge is 2.42. The number of rotatable bonds is 1. The van der Waals surface area contributed by atoms with E-state index in [1.807, 2.05) is 7.05 Å². The van der Waals surface area contributed by atoms with Gasteiger partial charge in [0.15, 0.2) is 0 Å². The Morgan fingerprint density at radius 2 is 1.94 bits per heavy atom. The summed E-state index contributed by atoms with van der Waals surface area (Å²) >= 11 is 0. The number of likely N-dealkylation sites (N-methyl/N-ethyl adjacent to an activating group) is 1. The van der Waals surface area contributed by atoms with Crippen LogP contribution in [0, 0.1) is 0 Å². The van der Waals surface area contributed by atoms with Gasteiger partial charge in [0.05, 0.1) is 0 Å². The molecule has 3 heterocycles. The summed E-state index contributed by atoms with van der Waals surface area (Å²) in [5.74, 6) is 0.144. The quantitative estimate of drug-likeness (QED) is 0.703. The van der Waals surface area contributed by atoms with Crippen LogP contribution in [0.25, 0.3) is 0 Å². The van der Waals surface area contributed by atoms with Gasteiger partial charge >= 0.3 is 0 Å². The first kappa shape index (κ1) is 10.8. The Labute approximate surface area is 101 Å². The largest absolute Gasteiger partial charge is 0.329 e. The third-order valence-electron chi connectivity index (χ3n) is 3.94. The van der Waals surface area contributed by atoms with Crippen molar-refractivity contribution in [2.75, 3.05) is 20.1 Å². The van der Waals surface area contributed by atoms with E-state index in [0.29, 0.717) is 17.8 Å². The molecule has 2 unspecified atom stereocenters. The number of aromatic nitrogens is 2. The minimum atomic E-state index is 0.144. The van der Waals surface area contributed by atoms with Crippen molar-refractivity contribution in [3.05, 3.63) is 18.0 Å². The van der Waals surface area contributed by atoms with Crippen molar-refractivity contribution in [1.82, 2.24) is 19.6 Å². The van der Waals surface area contributed by atoms with Crippen LogP contribution in [-0.4, -0.2) is 57.7 Å². The number of carbonyl (C=O) groups is 1. The van der Waals surface area contributed by atoms with E-state index in [1.165, 1.54) is 0 Å². The number of hydrogen-bond acceptors (Lipinski definition) is 3. The fraction of sp³-hybridized carbons (Fsp3) is 0.667. The van der Waals surface area contributed by atoms with Gasteiger partial charge in [0.1, 0.15) is 5.69 Å². The van der Waals surface area contributed by atoms with Gasteiger partial charge in [0.2, 0.25) is 0 Å². The number of likely N-dealkylation sites (tertiary alicyclic amines) is 1. The average molecular weight is 234 g/mol. The topological polar surface area (TPSA) is 41.4 Å². The minimum Gasteiger partial charge on any atom is -0.329 e. The zero-order valence-corrected chi connectivity index (χ0v) is 10.3. The van der Waals surface area contributed by atoms with E-state index >= 15 is 0 Å². The summed E-state index contributed by atoms with van der Waals surface area (Å²) < 4.78 is 1.67. The highest BCUT2D eigenvalue weighted by Crippen LogP contribution is 2.30. The average Bonchev–Trinajstić information content (AvgIpc) is 2.81. The van der Waals surface area contributed by atoms with Gasteiger partial charge in [-0.05, 0) is 26.0 Å². The summed E-state index contributed by atoms with van der Waals surface area (Å²) in [6, 6.07) is 2.59. The molecule has 17 heavy (non-hydrogen) atoms. The molecule has 0 aliphatic carbocycles. The number of amides is 1. The highest BCUT2D eigenvalue weighted by molar-refractivity contribution is 5.93. The predicted molar refractivity (Wildman–Crippen MR) is 63.7 cm³/mol. The van der Waals surface area contributed by atoms with Crippen molar-refractivity contribution in [2.24, 2.45) is 7.05 Å². The lowest BCUT2D eigenvalue weighted by atomic mass is 10.2. The summed E-state index contributed by atoms with van der Waals surface area (Å²) in [5.41, 5.74) is 0.700. The molecule has 5 nitrogen and oxygen atoms in total. The molecule has 0 saturated carbocycles. The smallest absolute Gasteiger partial charge is 0.272 e. The zero-order valence-electron chi connectivity index (χ0n) is 10.3. The van der Waals surface area contributed by atoms with Crippen molar-refractivity contribution in [3.8, 4) is 0 Å². The number of carbonyl (C=O) groups excluding carboxylic acids is 1. The van der Waals surface area contributed by atoms with Gasteiger partial charge in [0, 0.05) is 38.4 Å². The molecular formula is C12H18N4O. The predicted octanol–water partition coefficient (Wildman–Crippen LogP) is 0.339. The fourth-order valence-electron chi connectivity index (χ4n) is 3.16. The Bertz CT molecular complexity index is 427. The van der Waals surface area contributed by atoms with E-state index < -0.39 is 0 Å². The van der Waals surface area contributed by atoms with Gasteiger partial charge < -0.3 is 9.80 Å². The summed E-state index contributed by atoms with van der Waals surface area (Å²) in [4.78, 5) is 16.9. The van der Waals surface area contributed by atoms with Crippen molar-refractivity contribution in [2.45, 2.75) is 24.9 Å². The first-order chi connectivity index (χ1) is 8.16. The molecule has 92 valence electrons. The van der Waals surface area contributed by atoms with Gasteiger partial charge in [-0.2, -0.15) is 5.10 Å². The van der Waals surface area contributed by atoms with Gasteiger partial charge in [-0.25, -0.2) is 0 Å². The minimum absolute atomic E-state index is 0.144. The van der Waals surface area contributed by atoms with Crippen LogP contribution in [0.15, 0.2) is 12.3 Å². The van der Waals surface area contributed by atoms with E-state index in [0.717, 1.165) is 25.9 Å². The maximum absolute atomic E-state index is 12.5. The molecule has 5 heteroatoms. The monoisotopic (exact) mass is 234 g/mol. The van der Waals surface area contributed by atoms with Crippen molar-refractivity contribution in [3.63, 3.8) is 0 Å². The van der Waals surface area contributed by atoms with Crippen LogP contribution in [0.3, 0.4) is 0 Å². The molecule has 0 N–H and O–H groups in total. The third kappa shape index (κ3) is 1.65. The lowest BCUT2D eigenvalue weighted by Gasteiger charge is -2.39. The molecule has 2 saturated heterocycles. The van der Waals surface area contributed by atoms with Gasteiger partial charge in [-0.1, -0.05) is 0 Å². The molecule has 0 radical (unpaired) electrons. The molecule has 0 spiro atoms. The second-order valence-corrected chi connectivity index (χ2v) is 5.16. The standard InChI is InChI=1S/C12H18N4O/c1-14-7-9-3-4-10(8-14)16(9)12(17)11-5-6-13-15(11)2/h5-6,9-10H,3-4,7-8H2,1-2H3. The molecule has 1 amide bonds. The van der Waals surface area contributed by atoms with Gasteiger partial charge in [-0.3, -0.25) is 9.48 Å². The Hall–Kier alpha value is -1.36. The van der Waals surface area contributed by atoms with Crippen LogP contribution in [-0.2, 0) is 7.05 Å². The maximum atomic E-state index is 12.5. The van der Waals surface area contributed by atoms with Crippen molar-refractivity contribution >= 4 is 5.91 Å². The van der Waals surface area contributed by atoms with E-state index in [9.17, 15) is 4.79 Å². The zero-order chi connectivity index (χ0) is 12.0. The third-order valence-corrected chi connectivity index (χ3v) is 3.94. The second kappa shape index (κ2) is 3.84. The molecule has 2 fully saturated rings. The Kier molecular flexibility index (Phi) is 2.43. The van der Waals surface area contributed by atoms with E-state index in [1.54, 1.807) is 16.9 Å². The van der Waals surface area contributed by atoms with Crippen molar-refractivity contribution in [1.29, 1.82) is 0 Å². The van der Waals surface area contributed by atoms with E-state index in [2.05, 4.69) is 21.9 Å². The van der Waals surface area contributed by atoms with E-state index in [-0.39, 0.29) is 5.91 Å². The molecule has 0 aromatic carbocycles. The van der Waals surface area contributed by atoms with Crippen LogP contribution in [0.2, 0.25) is 0 Å². The van der Waals surface area contributed by atoms with Crippen LogP contribution < -0.4 is 0 Å². The molecule has 2 atom stereocenters. The SMILES string of the molecule is CN1CC2CCC(C1)N2C(=O)c1ccnn1C. The molecule has 1 aromatic heterocycles. The summed E-state index contributed by atoms with van der Waals surface area (Å²) in [6.07, 6.45) is 3.96. The summed E-state index contributed by atoms with van der Waals surface area (Å²) in [7, 11) is 3.96. The van der Waals surface area contributed by atoms with Crippen molar-refractivity contribution < 1.29 is 4.79 Å². The first-order valence-corrected chi connectivity index (χ1v) is 6.16. The lowest BCUT2D eigenvalue weighted by molar-refractivity contribution is 0.0462. The van der Waals surface area contributed by atoms with Gasteiger partial charge in [-0.15, -0.1) is 0 Å². The number of hydrogen-bond donors (Lipinski definition) is 0. The number of piperazine rings is 1. The second-order valence-electron chi connectivity index (χ2n) is 5.16. The first-order valence-electron chi connectivity index (χ1n) is 6.16. The highest BCUT2D eigenvalue weighted by atomic mass is 16.2. The van der Waals surface area contributed by atoms with E-state index in [4.69, 9.17) is 0 Å². The van der Waals surface area contributed by atoms with Crippen LogP contribution in [0.1, 0.15) is 23.3 Å². The normalized spacial score (nSPS) is 28.7. The fourth-order valence-corrected chi connectivity index (χ4v) is 3.16. The Morgan fingerprint density at radius 3 is 2.47 bits per heavy atom. The lowest BCUT2D eigenvalue weighted by Crippen LogP contribution is -2.54. The molecule has 3 rings (SSSR count). The van der Waals surface area contributed by atoms with Gasteiger partial charge in [0.25, 0.3) is 5.91 Å². The Morgan fingerprint density at radius 1 is 1.29 bits per heavy atom. The molecule has 2 aliphatic rings.